The number of rotatable bonds is 1. The lowest BCUT2D eigenvalue weighted by Crippen LogP contribution is -2.27. The lowest BCUT2D eigenvalue weighted by atomic mass is 9.85. The summed E-state index contributed by atoms with van der Waals surface area (Å²) >= 11 is 0. The van der Waals surface area contributed by atoms with E-state index < -0.39 is 5.41 Å². The van der Waals surface area contributed by atoms with Crippen LogP contribution in [0.25, 0.3) is 0 Å². The summed E-state index contributed by atoms with van der Waals surface area (Å²) in [7, 11) is 1.65. The molecular formula is C12H15N3O. The van der Waals surface area contributed by atoms with Crippen LogP contribution in [0.4, 0.5) is 5.69 Å². The maximum Gasteiger partial charge on any atom is 0.234 e. The van der Waals surface area contributed by atoms with Crippen molar-refractivity contribution in [2.75, 3.05) is 12.4 Å². The lowest BCUT2D eigenvalue weighted by molar-refractivity contribution is -0.119. The molecule has 4 nitrogen and oxygen atoms in total. The Morgan fingerprint density at radius 3 is 2.75 bits per heavy atom. The Morgan fingerprint density at radius 2 is 2.12 bits per heavy atom. The van der Waals surface area contributed by atoms with Crippen LogP contribution in [0.15, 0.2) is 23.2 Å². The first kappa shape index (κ1) is 10.7. The van der Waals surface area contributed by atoms with E-state index in [4.69, 9.17) is 5.73 Å². The third kappa shape index (κ3) is 1.38. The van der Waals surface area contributed by atoms with Crippen molar-refractivity contribution in [2.45, 2.75) is 19.3 Å². The summed E-state index contributed by atoms with van der Waals surface area (Å²) < 4.78 is 0. The minimum absolute atomic E-state index is 0.0201. The highest BCUT2D eigenvalue weighted by Crippen LogP contribution is 2.37. The van der Waals surface area contributed by atoms with Gasteiger partial charge in [0.2, 0.25) is 5.91 Å². The van der Waals surface area contributed by atoms with Gasteiger partial charge in [-0.05, 0) is 37.6 Å². The Bertz CT molecular complexity index is 489. The van der Waals surface area contributed by atoms with E-state index in [-0.39, 0.29) is 5.91 Å². The molecule has 0 aromatic heterocycles. The Morgan fingerprint density at radius 1 is 1.44 bits per heavy atom. The number of nitrogens with zero attached hydrogens (tertiary/aromatic N) is 1. The molecule has 0 radical (unpaired) electrons. The summed E-state index contributed by atoms with van der Waals surface area (Å²) in [5, 5.41) is 2.85. The summed E-state index contributed by atoms with van der Waals surface area (Å²) in [5.74, 6) is 0.504. The number of hydrogen-bond acceptors (Lipinski definition) is 2. The average Bonchev–Trinajstić information content (AvgIpc) is 2.49. The van der Waals surface area contributed by atoms with Gasteiger partial charge >= 0.3 is 0 Å². The van der Waals surface area contributed by atoms with Gasteiger partial charge in [0, 0.05) is 18.3 Å². The van der Waals surface area contributed by atoms with Gasteiger partial charge in [-0.25, -0.2) is 0 Å². The minimum atomic E-state index is -0.501. The van der Waals surface area contributed by atoms with Crippen molar-refractivity contribution in [1.82, 2.24) is 0 Å². The van der Waals surface area contributed by atoms with E-state index in [2.05, 4.69) is 10.3 Å². The Balaban J connectivity index is 2.57. The smallest absolute Gasteiger partial charge is 0.234 e. The van der Waals surface area contributed by atoms with Gasteiger partial charge in [-0.1, -0.05) is 0 Å². The number of nitrogens with two attached hydrogens (primary N) is 1. The molecule has 0 fully saturated rings. The van der Waals surface area contributed by atoms with Crippen molar-refractivity contribution < 1.29 is 4.79 Å². The van der Waals surface area contributed by atoms with Crippen LogP contribution < -0.4 is 11.1 Å². The van der Waals surface area contributed by atoms with Crippen LogP contribution >= 0.6 is 0 Å². The third-order valence-electron chi connectivity index (χ3n) is 3.05. The number of amidine groups is 1. The summed E-state index contributed by atoms with van der Waals surface area (Å²) in [6, 6.07) is 5.66. The fraction of sp³-hybridized carbons (Fsp3) is 0.333. The van der Waals surface area contributed by atoms with Crippen LogP contribution in [0.3, 0.4) is 0 Å². The molecule has 0 saturated carbocycles. The van der Waals surface area contributed by atoms with Gasteiger partial charge in [0.1, 0.15) is 5.84 Å². The second-order valence-corrected chi connectivity index (χ2v) is 4.45. The molecule has 1 aromatic rings. The van der Waals surface area contributed by atoms with Gasteiger partial charge in [-0.2, -0.15) is 0 Å². The first-order chi connectivity index (χ1) is 7.46. The predicted octanol–water partition coefficient (Wildman–Crippen LogP) is 1.25. The first-order valence-electron chi connectivity index (χ1n) is 5.15. The van der Waals surface area contributed by atoms with E-state index >= 15 is 0 Å². The fourth-order valence-electron chi connectivity index (χ4n) is 1.86. The highest BCUT2D eigenvalue weighted by Gasteiger charge is 2.38. The standard InChI is InChI=1S/C12H15N3O/c1-12(2)8-6-7(10(13)14-3)4-5-9(8)15-11(12)16/h4-6H,1-3H3,(H2,13,14)(H,15,16). The molecule has 0 spiro atoms. The molecule has 3 N–H and O–H groups in total. The average molecular weight is 217 g/mol. The molecule has 0 atom stereocenters. The SMILES string of the molecule is CN=C(N)c1ccc2c(c1)C(C)(C)C(=O)N2. The van der Waals surface area contributed by atoms with Gasteiger partial charge in [-0.3, -0.25) is 9.79 Å². The van der Waals surface area contributed by atoms with Gasteiger partial charge < -0.3 is 11.1 Å². The molecule has 1 amide bonds. The largest absolute Gasteiger partial charge is 0.384 e. The van der Waals surface area contributed by atoms with Gasteiger partial charge in [0.05, 0.1) is 5.41 Å². The summed E-state index contributed by atoms with van der Waals surface area (Å²) in [4.78, 5) is 15.7. The van der Waals surface area contributed by atoms with E-state index in [1.54, 1.807) is 7.05 Å². The summed E-state index contributed by atoms with van der Waals surface area (Å²) in [6.45, 7) is 3.80. The Labute approximate surface area is 94.6 Å². The van der Waals surface area contributed by atoms with Gasteiger partial charge in [0.25, 0.3) is 0 Å². The molecule has 0 unspecified atom stereocenters. The van der Waals surface area contributed by atoms with Gasteiger partial charge in [-0.15, -0.1) is 0 Å². The predicted molar refractivity (Wildman–Crippen MR) is 64.7 cm³/mol. The zero-order valence-corrected chi connectivity index (χ0v) is 9.66. The molecule has 1 heterocycles. The quantitative estimate of drug-likeness (QED) is 0.549. The maximum absolute atomic E-state index is 11.7. The molecule has 0 saturated heterocycles. The second kappa shape index (κ2) is 3.33. The van der Waals surface area contributed by atoms with Crippen molar-refractivity contribution in [2.24, 2.45) is 10.7 Å². The third-order valence-corrected chi connectivity index (χ3v) is 3.05. The van der Waals surface area contributed by atoms with Crippen LogP contribution in [0.2, 0.25) is 0 Å². The summed E-state index contributed by atoms with van der Waals surface area (Å²) in [5.41, 5.74) is 7.95. The molecule has 1 aliphatic heterocycles. The number of benzene rings is 1. The monoisotopic (exact) mass is 217 g/mol. The molecule has 1 aromatic carbocycles. The number of nitrogens with one attached hydrogen (secondary N) is 1. The van der Waals surface area contributed by atoms with Crippen LogP contribution in [0.5, 0.6) is 0 Å². The topological polar surface area (TPSA) is 67.5 Å². The molecule has 4 heteroatoms. The number of aliphatic imine (C=N–C) groups is 1. The number of hydrogen-bond donors (Lipinski definition) is 2. The Hall–Kier alpha value is -1.84. The maximum atomic E-state index is 11.7. The molecule has 84 valence electrons. The van der Waals surface area contributed by atoms with E-state index in [0.29, 0.717) is 5.84 Å². The van der Waals surface area contributed by atoms with Crippen LogP contribution in [0, 0.1) is 0 Å². The summed E-state index contributed by atoms with van der Waals surface area (Å²) in [6.07, 6.45) is 0. The van der Waals surface area contributed by atoms with Gasteiger partial charge in [0.15, 0.2) is 0 Å². The van der Waals surface area contributed by atoms with Crippen LogP contribution in [-0.4, -0.2) is 18.8 Å². The number of carbonyl (C=O) groups is 1. The van der Waals surface area contributed by atoms with E-state index in [9.17, 15) is 4.79 Å². The van der Waals surface area contributed by atoms with E-state index in [1.807, 2.05) is 32.0 Å². The van der Waals surface area contributed by atoms with Crippen LogP contribution in [-0.2, 0) is 10.2 Å². The number of carbonyl (C=O) groups excluding carboxylic acids is 1. The van der Waals surface area contributed by atoms with E-state index in [0.717, 1.165) is 16.8 Å². The molecule has 0 bridgehead atoms. The molecule has 2 rings (SSSR count). The number of amides is 1. The fourth-order valence-corrected chi connectivity index (χ4v) is 1.86. The highest BCUT2D eigenvalue weighted by atomic mass is 16.2. The van der Waals surface area contributed by atoms with Crippen molar-refractivity contribution in [3.8, 4) is 0 Å². The number of fused-ring (bicyclic) bond motifs is 1. The highest BCUT2D eigenvalue weighted by molar-refractivity contribution is 6.07. The van der Waals surface area contributed by atoms with Crippen molar-refractivity contribution in [1.29, 1.82) is 0 Å². The zero-order valence-electron chi connectivity index (χ0n) is 9.66. The second-order valence-electron chi connectivity index (χ2n) is 4.45. The lowest BCUT2D eigenvalue weighted by Gasteiger charge is -2.15. The Kier molecular flexibility index (Phi) is 2.22. The zero-order chi connectivity index (χ0) is 11.9. The first-order valence-corrected chi connectivity index (χ1v) is 5.15. The minimum Gasteiger partial charge on any atom is -0.384 e. The van der Waals surface area contributed by atoms with Crippen molar-refractivity contribution in [3.63, 3.8) is 0 Å². The number of anilines is 1. The van der Waals surface area contributed by atoms with Crippen LogP contribution in [0.1, 0.15) is 25.0 Å². The molecular weight excluding hydrogens is 202 g/mol. The van der Waals surface area contributed by atoms with E-state index in [1.165, 1.54) is 0 Å². The van der Waals surface area contributed by atoms with Crippen molar-refractivity contribution in [3.05, 3.63) is 29.3 Å². The molecule has 0 aliphatic carbocycles. The molecule has 16 heavy (non-hydrogen) atoms. The molecule has 1 aliphatic rings. The van der Waals surface area contributed by atoms with Crippen molar-refractivity contribution >= 4 is 17.4 Å². The normalized spacial score (nSPS) is 18.2.